The molecule has 0 aliphatic heterocycles. The predicted molar refractivity (Wildman–Crippen MR) is 70.4 cm³/mol. The van der Waals surface area contributed by atoms with E-state index in [0.717, 1.165) is 5.56 Å². The maximum absolute atomic E-state index is 12.0. The Hall–Kier alpha value is -1.59. The zero-order chi connectivity index (χ0) is 13.5. The molecule has 0 aromatic heterocycles. The quantitative estimate of drug-likeness (QED) is 0.651. The van der Waals surface area contributed by atoms with Crippen LogP contribution in [0.2, 0.25) is 0 Å². The Bertz CT molecular complexity index is 387. The van der Waals surface area contributed by atoms with Gasteiger partial charge in [0, 0.05) is 25.0 Å². The van der Waals surface area contributed by atoms with Crippen LogP contribution >= 0.6 is 0 Å². The zero-order valence-corrected chi connectivity index (χ0v) is 10.8. The summed E-state index contributed by atoms with van der Waals surface area (Å²) in [6, 6.07) is 4.87. The first-order valence-corrected chi connectivity index (χ1v) is 5.84. The highest BCUT2D eigenvalue weighted by atomic mass is 16.5. The van der Waals surface area contributed by atoms with E-state index in [1.807, 2.05) is 6.92 Å². The minimum absolute atomic E-state index is 0.115. The van der Waals surface area contributed by atoms with Gasteiger partial charge in [0.15, 0.2) is 0 Å². The number of hydrogen-bond acceptors (Lipinski definition) is 4. The Balaban J connectivity index is 2.68. The lowest BCUT2D eigenvalue weighted by atomic mass is 10.1. The summed E-state index contributed by atoms with van der Waals surface area (Å²) >= 11 is 0. The number of carbonyl (C=O) groups excluding carboxylic acids is 1. The van der Waals surface area contributed by atoms with Crippen molar-refractivity contribution < 1.29 is 14.6 Å². The van der Waals surface area contributed by atoms with Crippen molar-refractivity contribution >= 4 is 11.6 Å². The lowest BCUT2D eigenvalue weighted by Crippen LogP contribution is -2.38. The Morgan fingerprint density at radius 3 is 2.78 bits per heavy atom. The number of aliphatic hydroxyl groups is 1. The molecule has 1 aromatic rings. The number of hydrogen-bond donors (Lipinski definition) is 3. The van der Waals surface area contributed by atoms with Crippen LogP contribution in [0.5, 0.6) is 0 Å². The summed E-state index contributed by atoms with van der Waals surface area (Å²) in [7, 11) is 1.58. The van der Waals surface area contributed by atoms with Crippen molar-refractivity contribution in [1.82, 2.24) is 5.32 Å². The lowest BCUT2D eigenvalue weighted by Gasteiger charge is -2.16. The lowest BCUT2D eigenvalue weighted by molar-refractivity contribution is 0.0895. The first-order valence-electron chi connectivity index (χ1n) is 5.84. The van der Waals surface area contributed by atoms with E-state index in [-0.39, 0.29) is 18.6 Å². The number of methoxy groups -OCH3 is 1. The fraction of sp³-hybridized carbons (Fsp3) is 0.462. The molecule has 5 heteroatoms. The minimum atomic E-state index is -0.306. The maximum Gasteiger partial charge on any atom is 0.251 e. The van der Waals surface area contributed by atoms with E-state index in [0.29, 0.717) is 24.3 Å². The van der Waals surface area contributed by atoms with Crippen molar-refractivity contribution in [3.8, 4) is 0 Å². The van der Waals surface area contributed by atoms with Gasteiger partial charge >= 0.3 is 0 Å². The molecule has 0 aliphatic rings. The van der Waals surface area contributed by atoms with Crippen LogP contribution in [-0.4, -0.2) is 37.4 Å². The summed E-state index contributed by atoms with van der Waals surface area (Å²) in [6.45, 7) is 2.25. The zero-order valence-electron chi connectivity index (χ0n) is 10.8. The summed E-state index contributed by atoms with van der Waals surface area (Å²) in [5.41, 5.74) is 7.68. The molecule has 0 aliphatic carbocycles. The molecule has 4 N–H and O–H groups in total. The highest BCUT2D eigenvalue weighted by Gasteiger charge is 2.13. The molecule has 0 bridgehead atoms. The van der Waals surface area contributed by atoms with Gasteiger partial charge in [-0.05, 0) is 37.1 Å². The Kier molecular flexibility index (Phi) is 5.61. The summed E-state index contributed by atoms with van der Waals surface area (Å²) < 4.78 is 4.92. The molecule has 1 amide bonds. The molecule has 18 heavy (non-hydrogen) atoms. The molecule has 0 saturated carbocycles. The summed E-state index contributed by atoms with van der Waals surface area (Å²) in [5.74, 6) is -0.236. The molecule has 5 nitrogen and oxygen atoms in total. The van der Waals surface area contributed by atoms with Crippen LogP contribution in [0.1, 0.15) is 22.3 Å². The van der Waals surface area contributed by atoms with Gasteiger partial charge in [0.1, 0.15) is 0 Å². The second-order valence-electron chi connectivity index (χ2n) is 4.27. The molecule has 0 radical (unpaired) electrons. The highest BCUT2D eigenvalue weighted by Crippen LogP contribution is 2.11. The fourth-order valence-electron chi connectivity index (χ4n) is 1.68. The van der Waals surface area contributed by atoms with E-state index in [2.05, 4.69) is 5.32 Å². The number of carbonyl (C=O) groups is 1. The summed E-state index contributed by atoms with van der Waals surface area (Å²) in [5, 5.41) is 11.9. The number of ether oxygens (including phenoxy) is 1. The molecule has 0 fully saturated rings. The molecule has 1 rings (SSSR count). The van der Waals surface area contributed by atoms with Crippen molar-refractivity contribution in [3.05, 3.63) is 29.3 Å². The number of nitrogen functional groups attached to an aromatic ring is 1. The topological polar surface area (TPSA) is 84.6 Å². The number of aliphatic hydroxyl groups excluding tert-OH is 1. The first-order chi connectivity index (χ1) is 8.56. The SMILES string of the molecule is COCCC(CO)NC(=O)c1cc(C)cc(N)c1. The molecule has 1 aromatic carbocycles. The maximum atomic E-state index is 12.0. The molecule has 1 atom stereocenters. The number of benzene rings is 1. The van der Waals surface area contributed by atoms with Gasteiger partial charge < -0.3 is 20.9 Å². The summed E-state index contributed by atoms with van der Waals surface area (Å²) in [6.07, 6.45) is 0.569. The van der Waals surface area contributed by atoms with Crippen LogP contribution in [-0.2, 0) is 4.74 Å². The summed E-state index contributed by atoms with van der Waals surface area (Å²) in [4.78, 5) is 12.0. The molecule has 0 saturated heterocycles. The second-order valence-corrected chi connectivity index (χ2v) is 4.27. The smallest absolute Gasteiger partial charge is 0.251 e. The average Bonchev–Trinajstić information content (AvgIpc) is 2.32. The average molecular weight is 252 g/mol. The van der Waals surface area contributed by atoms with Crippen molar-refractivity contribution in [2.24, 2.45) is 0 Å². The van der Waals surface area contributed by atoms with E-state index < -0.39 is 0 Å². The normalized spacial score (nSPS) is 12.2. The van der Waals surface area contributed by atoms with Gasteiger partial charge in [-0.15, -0.1) is 0 Å². The van der Waals surface area contributed by atoms with Gasteiger partial charge in [-0.25, -0.2) is 0 Å². The van der Waals surface area contributed by atoms with Gasteiger partial charge in [0.25, 0.3) is 5.91 Å². The molecular formula is C13H20N2O3. The van der Waals surface area contributed by atoms with E-state index in [1.54, 1.807) is 25.3 Å². The number of amides is 1. The Morgan fingerprint density at radius 2 is 2.22 bits per heavy atom. The van der Waals surface area contributed by atoms with E-state index >= 15 is 0 Å². The number of rotatable bonds is 6. The van der Waals surface area contributed by atoms with Crippen LogP contribution in [0, 0.1) is 6.92 Å². The number of aryl methyl sites for hydroxylation is 1. The van der Waals surface area contributed by atoms with E-state index in [1.165, 1.54) is 0 Å². The first kappa shape index (κ1) is 14.5. The van der Waals surface area contributed by atoms with Gasteiger partial charge in [0.2, 0.25) is 0 Å². The van der Waals surface area contributed by atoms with Gasteiger partial charge in [-0.3, -0.25) is 4.79 Å². The van der Waals surface area contributed by atoms with Crippen molar-refractivity contribution in [3.63, 3.8) is 0 Å². The molecular weight excluding hydrogens is 232 g/mol. The fourth-order valence-corrected chi connectivity index (χ4v) is 1.68. The van der Waals surface area contributed by atoms with E-state index in [4.69, 9.17) is 15.6 Å². The van der Waals surface area contributed by atoms with Gasteiger partial charge in [-0.1, -0.05) is 0 Å². The van der Waals surface area contributed by atoms with Crippen molar-refractivity contribution in [2.45, 2.75) is 19.4 Å². The standard InChI is InChI=1S/C13H20N2O3/c1-9-5-10(7-11(14)6-9)13(17)15-12(8-16)3-4-18-2/h5-7,12,16H,3-4,8,14H2,1-2H3,(H,15,17). The third-order valence-electron chi connectivity index (χ3n) is 2.59. The van der Waals surface area contributed by atoms with Crippen LogP contribution < -0.4 is 11.1 Å². The third kappa shape index (κ3) is 4.35. The largest absolute Gasteiger partial charge is 0.399 e. The highest BCUT2D eigenvalue weighted by molar-refractivity contribution is 5.95. The molecule has 0 heterocycles. The number of nitrogens with one attached hydrogen (secondary N) is 1. The predicted octanol–water partition coefficient (Wildman–Crippen LogP) is 0.704. The Labute approximate surface area is 107 Å². The van der Waals surface area contributed by atoms with Crippen molar-refractivity contribution in [2.75, 3.05) is 26.1 Å². The number of anilines is 1. The second kappa shape index (κ2) is 6.98. The molecule has 0 spiro atoms. The van der Waals surface area contributed by atoms with Crippen LogP contribution in [0.3, 0.4) is 0 Å². The van der Waals surface area contributed by atoms with Crippen LogP contribution in [0.25, 0.3) is 0 Å². The monoisotopic (exact) mass is 252 g/mol. The molecule has 1 unspecified atom stereocenters. The van der Waals surface area contributed by atoms with Crippen molar-refractivity contribution in [1.29, 1.82) is 0 Å². The van der Waals surface area contributed by atoms with Gasteiger partial charge in [-0.2, -0.15) is 0 Å². The van der Waals surface area contributed by atoms with Gasteiger partial charge in [0.05, 0.1) is 12.6 Å². The van der Waals surface area contributed by atoms with E-state index in [9.17, 15) is 4.79 Å². The van der Waals surface area contributed by atoms with Crippen LogP contribution in [0.4, 0.5) is 5.69 Å². The Morgan fingerprint density at radius 1 is 1.50 bits per heavy atom. The minimum Gasteiger partial charge on any atom is -0.399 e. The number of nitrogens with two attached hydrogens (primary N) is 1. The molecule has 100 valence electrons. The third-order valence-corrected chi connectivity index (χ3v) is 2.59. The van der Waals surface area contributed by atoms with Crippen LogP contribution in [0.15, 0.2) is 18.2 Å².